The van der Waals surface area contributed by atoms with Crippen molar-refractivity contribution in [3.63, 3.8) is 0 Å². The van der Waals surface area contributed by atoms with Gasteiger partial charge in [0.25, 0.3) is 0 Å². The number of ether oxygens (including phenoxy) is 1. The zero-order valence-electron chi connectivity index (χ0n) is 11.4. The second-order valence-corrected chi connectivity index (χ2v) is 4.91. The molecule has 0 heterocycles. The fraction of sp³-hybridized carbons (Fsp3) is 0.500. The monoisotopic (exact) mass is 269 g/mol. The van der Waals surface area contributed by atoms with Gasteiger partial charge in [-0.1, -0.05) is 11.6 Å². The average Bonchev–Trinajstić information content (AvgIpc) is 2.28. The largest absolute Gasteiger partial charge is 0.383 e. The standard InChI is InChI=1S/C14H20ClNO2/c1-10(2)16(7-8-18-4)12-5-6-13(11(3)17)14(15)9-12/h5-6,9-10H,7-8H2,1-4H3. The molecule has 0 spiro atoms. The summed E-state index contributed by atoms with van der Waals surface area (Å²) in [6.07, 6.45) is 0. The highest BCUT2D eigenvalue weighted by atomic mass is 35.5. The SMILES string of the molecule is COCCN(c1ccc(C(C)=O)c(Cl)c1)C(C)C. The smallest absolute Gasteiger partial charge is 0.161 e. The van der Waals surface area contributed by atoms with Crippen LogP contribution in [0.25, 0.3) is 0 Å². The van der Waals surface area contributed by atoms with E-state index in [4.69, 9.17) is 16.3 Å². The van der Waals surface area contributed by atoms with E-state index in [2.05, 4.69) is 18.7 Å². The molecule has 18 heavy (non-hydrogen) atoms. The zero-order chi connectivity index (χ0) is 13.7. The first kappa shape index (κ1) is 15.0. The Bertz CT molecular complexity index is 418. The first-order valence-electron chi connectivity index (χ1n) is 6.03. The summed E-state index contributed by atoms with van der Waals surface area (Å²) in [5, 5.41) is 0.503. The molecule has 100 valence electrons. The molecule has 0 N–H and O–H groups in total. The van der Waals surface area contributed by atoms with Crippen LogP contribution < -0.4 is 4.90 Å². The summed E-state index contributed by atoms with van der Waals surface area (Å²) in [7, 11) is 1.68. The molecule has 0 bridgehead atoms. The van der Waals surface area contributed by atoms with Crippen molar-refractivity contribution in [2.24, 2.45) is 0 Å². The van der Waals surface area contributed by atoms with Gasteiger partial charge in [0.15, 0.2) is 5.78 Å². The van der Waals surface area contributed by atoms with Crippen LogP contribution in [0.3, 0.4) is 0 Å². The maximum atomic E-state index is 11.3. The van der Waals surface area contributed by atoms with E-state index in [1.165, 1.54) is 6.92 Å². The van der Waals surface area contributed by atoms with Crippen molar-refractivity contribution in [3.8, 4) is 0 Å². The molecule has 4 heteroatoms. The van der Waals surface area contributed by atoms with Gasteiger partial charge in [-0.3, -0.25) is 4.79 Å². The number of hydrogen-bond donors (Lipinski definition) is 0. The molecule has 0 radical (unpaired) electrons. The summed E-state index contributed by atoms with van der Waals surface area (Å²) in [4.78, 5) is 13.5. The van der Waals surface area contributed by atoms with Crippen molar-refractivity contribution in [3.05, 3.63) is 28.8 Å². The number of Topliss-reactive ketones (excluding diaryl/α,β-unsaturated/α-hetero) is 1. The van der Waals surface area contributed by atoms with Gasteiger partial charge in [0.2, 0.25) is 0 Å². The topological polar surface area (TPSA) is 29.5 Å². The fourth-order valence-corrected chi connectivity index (χ4v) is 2.15. The van der Waals surface area contributed by atoms with Crippen LogP contribution in [0, 0.1) is 0 Å². The number of methoxy groups -OCH3 is 1. The summed E-state index contributed by atoms with van der Waals surface area (Å²) in [6, 6.07) is 5.90. The molecule has 0 aromatic heterocycles. The van der Waals surface area contributed by atoms with Crippen molar-refractivity contribution in [2.75, 3.05) is 25.2 Å². The fourth-order valence-electron chi connectivity index (χ4n) is 1.84. The summed E-state index contributed by atoms with van der Waals surface area (Å²) in [5.41, 5.74) is 1.58. The molecule has 0 amide bonds. The molecule has 0 unspecified atom stereocenters. The summed E-state index contributed by atoms with van der Waals surface area (Å²) >= 11 is 6.13. The Morgan fingerprint density at radius 2 is 2.11 bits per heavy atom. The molecule has 0 saturated carbocycles. The van der Waals surface area contributed by atoms with Crippen LogP contribution in [0.2, 0.25) is 5.02 Å². The number of carbonyl (C=O) groups excluding carboxylic acids is 1. The third-order valence-electron chi connectivity index (χ3n) is 2.82. The van der Waals surface area contributed by atoms with Gasteiger partial charge in [0.1, 0.15) is 0 Å². The second-order valence-electron chi connectivity index (χ2n) is 4.50. The third kappa shape index (κ3) is 3.72. The van der Waals surface area contributed by atoms with Gasteiger partial charge < -0.3 is 9.64 Å². The molecular weight excluding hydrogens is 250 g/mol. The number of hydrogen-bond acceptors (Lipinski definition) is 3. The van der Waals surface area contributed by atoms with Crippen molar-refractivity contribution >= 4 is 23.1 Å². The lowest BCUT2D eigenvalue weighted by atomic mass is 10.1. The van der Waals surface area contributed by atoms with Gasteiger partial charge >= 0.3 is 0 Å². The Morgan fingerprint density at radius 3 is 2.56 bits per heavy atom. The summed E-state index contributed by atoms with van der Waals surface area (Å²) in [6.45, 7) is 7.20. The van der Waals surface area contributed by atoms with Crippen molar-refractivity contribution in [1.82, 2.24) is 0 Å². The molecule has 0 fully saturated rings. The van der Waals surface area contributed by atoms with Crippen LogP contribution >= 0.6 is 11.6 Å². The number of nitrogens with zero attached hydrogens (tertiary/aromatic N) is 1. The van der Waals surface area contributed by atoms with Crippen LogP contribution in [0.15, 0.2) is 18.2 Å². The van der Waals surface area contributed by atoms with Crippen LogP contribution in [0.1, 0.15) is 31.1 Å². The van der Waals surface area contributed by atoms with Crippen molar-refractivity contribution < 1.29 is 9.53 Å². The highest BCUT2D eigenvalue weighted by Crippen LogP contribution is 2.25. The van der Waals surface area contributed by atoms with Crippen LogP contribution in [0.5, 0.6) is 0 Å². The Balaban J connectivity index is 2.99. The minimum absolute atomic E-state index is 0.0143. The molecule has 1 aromatic carbocycles. The Morgan fingerprint density at radius 1 is 1.44 bits per heavy atom. The number of ketones is 1. The third-order valence-corrected chi connectivity index (χ3v) is 3.14. The van der Waals surface area contributed by atoms with Gasteiger partial charge in [-0.05, 0) is 39.0 Å². The molecule has 0 aliphatic carbocycles. The predicted molar refractivity (Wildman–Crippen MR) is 75.8 cm³/mol. The second kappa shape index (κ2) is 6.76. The van der Waals surface area contributed by atoms with Gasteiger partial charge in [0, 0.05) is 30.9 Å². The van der Waals surface area contributed by atoms with Gasteiger partial charge in [-0.25, -0.2) is 0 Å². The number of halogens is 1. The molecular formula is C14H20ClNO2. The molecule has 0 aliphatic rings. The number of benzene rings is 1. The summed E-state index contributed by atoms with van der Waals surface area (Å²) < 4.78 is 5.11. The number of rotatable bonds is 6. The molecule has 0 saturated heterocycles. The minimum atomic E-state index is -0.0143. The van der Waals surface area contributed by atoms with Gasteiger partial charge in [0.05, 0.1) is 11.6 Å². The van der Waals surface area contributed by atoms with E-state index in [9.17, 15) is 4.79 Å². The van der Waals surface area contributed by atoms with Gasteiger partial charge in [-0.15, -0.1) is 0 Å². The molecule has 0 atom stereocenters. The van der Waals surface area contributed by atoms with E-state index in [0.717, 1.165) is 12.2 Å². The normalized spacial score (nSPS) is 10.8. The Labute approximate surface area is 114 Å². The maximum absolute atomic E-state index is 11.3. The van der Waals surface area contributed by atoms with E-state index in [1.54, 1.807) is 13.2 Å². The number of carbonyl (C=O) groups is 1. The van der Waals surface area contributed by atoms with Gasteiger partial charge in [-0.2, -0.15) is 0 Å². The van der Waals surface area contributed by atoms with E-state index in [-0.39, 0.29) is 5.78 Å². The first-order valence-corrected chi connectivity index (χ1v) is 6.41. The minimum Gasteiger partial charge on any atom is -0.383 e. The molecule has 1 aromatic rings. The van der Waals surface area contributed by atoms with Crippen molar-refractivity contribution in [1.29, 1.82) is 0 Å². The van der Waals surface area contributed by atoms with E-state index < -0.39 is 0 Å². The van der Waals surface area contributed by atoms with E-state index in [0.29, 0.717) is 23.2 Å². The lowest BCUT2D eigenvalue weighted by Gasteiger charge is -2.29. The maximum Gasteiger partial charge on any atom is 0.161 e. The van der Waals surface area contributed by atoms with Crippen LogP contribution in [0.4, 0.5) is 5.69 Å². The predicted octanol–water partition coefficient (Wildman–Crippen LogP) is 3.40. The average molecular weight is 270 g/mol. The lowest BCUT2D eigenvalue weighted by molar-refractivity contribution is 0.101. The van der Waals surface area contributed by atoms with Crippen LogP contribution in [-0.2, 0) is 4.74 Å². The van der Waals surface area contributed by atoms with E-state index in [1.807, 2.05) is 12.1 Å². The van der Waals surface area contributed by atoms with Crippen molar-refractivity contribution in [2.45, 2.75) is 26.8 Å². The van der Waals surface area contributed by atoms with E-state index >= 15 is 0 Å². The lowest BCUT2D eigenvalue weighted by Crippen LogP contribution is -2.33. The summed E-state index contributed by atoms with van der Waals surface area (Å²) in [5.74, 6) is -0.0143. The Kier molecular flexibility index (Phi) is 5.63. The molecule has 1 rings (SSSR count). The van der Waals surface area contributed by atoms with Crippen LogP contribution in [-0.4, -0.2) is 32.1 Å². The Hall–Kier alpha value is -1.06. The molecule has 3 nitrogen and oxygen atoms in total. The zero-order valence-corrected chi connectivity index (χ0v) is 12.1. The number of anilines is 1. The first-order chi connectivity index (χ1) is 8.47. The molecule has 0 aliphatic heterocycles. The quantitative estimate of drug-likeness (QED) is 0.742. The highest BCUT2D eigenvalue weighted by molar-refractivity contribution is 6.34. The highest BCUT2D eigenvalue weighted by Gasteiger charge is 2.13.